The van der Waals surface area contributed by atoms with Gasteiger partial charge in [-0.3, -0.25) is 37.3 Å². The zero-order chi connectivity index (χ0) is 66.1. The van der Waals surface area contributed by atoms with Gasteiger partial charge in [-0.2, -0.15) is 0 Å². The van der Waals surface area contributed by atoms with E-state index in [1.807, 2.05) is 0 Å². The fraction of sp³-hybridized carbons (Fsp3) is 0.943. The summed E-state index contributed by atoms with van der Waals surface area (Å²) in [6, 6.07) is 0. The molecule has 528 valence electrons. The molecule has 3 N–H and O–H groups in total. The Balaban J connectivity index is 5.26. The SMILES string of the molecule is CCC(C)CCCCCCCCCCCCC(=O)OC[C@H](COP(=O)(O)OCC(O)COP(=O)(O)OC[C@@H](COC(=O)CCCCCCCCCC(C)C)OC(=O)CCCCCCCCCCC(C)C)OC(=O)CCCCCCCCCCCCCC(C)C. The van der Waals surface area contributed by atoms with Crippen molar-refractivity contribution < 1.29 is 80.2 Å². The monoisotopic (exact) mass is 1310 g/mol. The number of hydrogen-bond acceptors (Lipinski definition) is 15. The molecule has 19 heteroatoms. The second kappa shape index (κ2) is 59.8. The molecule has 0 rings (SSSR count). The maximum Gasteiger partial charge on any atom is 0.472 e. The first-order chi connectivity index (χ1) is 42.6. The first-order valence-corrected chi connectivity index (χ1v) is 39.2. The molecule has 0 saturated heterocycles. The molecule has 0 heterocycles. The molecule has 0 aliphatic heterocycles. The summed E-state index contributed by atoms with van der Waals surface area (Å²) in [4.78, 5) is 72.5. The Kier molecular flexibility index (Phi) is 58.5. The minimum atomic E-state index is -4.95. The van der Waals surface area contributed by atoms with Crippen molar-refractivity contribution in [2.75, 3.05) is 39.6 Å². The third kappa shape index (κ3) is 63.2. The molecule has 17 nitrogen and oxygen atoms in total. The van der Waals surface area contributed by atoms with Gasteiger partial charge in [0.05, 0.1) is 26.4 Å². The molecule has 0 aromatic heterocycles. The summed E-state index contributed by atoms with van der Waals surface area (Å²) in [6.45, 7) is 14.1. The second-order valence-corrected chi connectivity index (χ2v) is 29.8. The number of phosphoric ester groups is 2. The third-order valence-corrected chi connectivity index (χ3v) is 18.3. The number of aliphatic hydroxyl groups is 1. The Morgan fingerprint density at radius 3 is 0.798 bits per heavy atom. The second-order valence-electron chi connectivity index (χ2n) is 26.9. The van der Waals surface area contributed by atoms with Crippen LogP contribution < -0.4 is 0 Å². The number of carbonyl (C=O) groups is 4. The quantitative estimate of drug-likeness (QED) is 0.0222. The lowest BCUT2D eigenvalue weighted by Crippen LogP contribution is -2.30. The van der Waals surface area contributed by atoms with Crippen LogP contribution in [0.25, 0.3) is 0 Å². The van der Waals surface area contributed by atoms with E-state index in [0.717, 1.165) is 114 Å². The Hall–Kier alpha value is -1.94. The van der Waals surface area contributed by atoms with Gasteiger partial charge in [0.15, 0.2) is 12.2 Å². The van der Waals surface area contributed by atoms with Gasteiger partial charge in [-0.05, 0) is 49.4 Å². The van der Waals surface area contributed by atoms with Crippen LogP contribution >= 0.6 is 15.6 Å². The van der Waals surface area contributed by atoms with Crippen LogP contribution in [-0.4, -0.2) is 96.7 Å². The van der Waals surface area contributed by atoms with Crippen LogP contribution in [0.4, 0.5) is 0 Å². The largest absolute Gasteiger partial charge is 0.472 e. The molecule has 0 saturated carbocycles. The Labute approximate surface area is 543 Å². The molecule has 0 fully saturated rings. The number of esters is 4. The summed E-state index contributed by atoms with van der Waals surface area (Å²) in [6.07, 6.45) is 41.7. The van der Waals surface area contributed by atoms with Crippen molar-refractivity contribution in [3.63, 3.8) is 0 Å². The lowest BCUT2D eigenvalue weighted by molar-refractivity contribution is -0.161. The summed E-state index contributed by atoms with van der Waals surface area (Å²) < 4.78 is 68.3. The van der Waals surface area contributed by atoms with Crippen LogP contribution in [-0.2, 0) is 65.4 Å². The maximum atomic E-state index is 13.0. The van der Waals surface area contributed by atoms with Crippen molar-refractivity contribution in [3.8, 4) is 0 Å². The zero-order valence-corrected chi connectivity index (χ0v) is 59.8. The molecule has 0 amide bonds. The van der Waals surface area contributed by atoms with Crippen molar-refractivity contribution >= 4 is 39.5 Å². The molecule has 0 aromatic carbocycles. The predicted octanol–water partition coefficient (Wildman–Crippen LogP) is 19.7. The van der Waals surface area contributed by atoms with Crippen molar-refractivity contribution in [2.45, 2.75) is 363 Å². The van der Waals surface area contributed by atoms with Gasteiger partial charge >= 0.3 is 39.5 Å². The van der Waals surface area contributed by atoms with Crippen molar-refractivity contribution in [1.29, 1.82) is 0 Å². The minimum Gasteiger partial charge on any atom is -0.462 e. The van der Waals surface area contributed by atoms with E-state index in [-0.39, 0.29) is 25.7 Å². The van der Waals surface area contributed by atoms with Crippen molar-refractivity contribution in [3.05, 3.63) is 0 Å². The average Bonchev–Trinajstić information content (AvgIpc) is 3.69. The van der Waals surface area contributed by atoms with Crippen LogP contribution in [0.15, 0.2) is 0 Å². The van der Waals surface area contributed by atoms with Crippen LogP contribution in [0.2, 0.25) is 0 Å². The maximum absolute atomic E-state index is 13.0. The topological polar surface area (TPSA) is 237 Å². The summed E-state index contributed by atoms with van der Waals surface area (Å²) in [5.41, 5.74) is 0. The Morgan fingerprint density at radius 1 is 0.315 bits per heavy atom. The lowest BCUT2D eigenvalue weighted by atomic mass is 9.99. The van der Waals surface area contributed by atoms with Crippen molar-refractivity contribution in [1.82, 2.24) is 0 Å². The lowest BCUT2D eigenvalue weighted by Gasteiger charge is -2.21. The number of ether oxygens (including phenoxy) is 4. The number of phosphoric acid groups is 2. The van der Waals surface area contributed by atoms with Crippen LogP contribution in [0.1, 0.15) is 344 Å². The van der Waals surface area contributed by atoms with Gasteiger partial charge in [-0.15, -0.1) is 0 Å². The number of rotatable bonds is 67. The summed E-state index contributed by atoms with van der Waals surface area (Å²) in [7, 11) is -9.90. The molecule has 0 aliphatic carbocycles. The van der Waals surface area contributed by atoms with Crippen molar-refractivity contribution in [2.24, 2.45) is 23.7 Å². The van der Waals surface area contributed by atoms with E-state index in [9.17, 15) is 43.2 Å². The van der Waals surface area contributed by atoms with E-state index in [4.69, 9.17) is 37.0 Å². The van der Waals surface area contributed by atoms with Gasteiger partial charge in [-0.1, -0.05) is 293 Å². The Morgan fingerprint density at radius 2 is 0.539 bits per heavy atom. The van der Waals surface area contributed by atoms with E-state index in [2.05, 4.69) is 55.4 Å². The zero-order valence-electron chi connectivity index (χ0n) is 58.1. The molecule has 0 bridgehead atoms. The summed E-state index contributed by atoms with van der Waals surface area (Å²) in [5.74, 6) is 0.867. The van der Waals surface area contributed by atoms with Crippen LogP contribution in [0.3, 0.4) is 0 Å². The highest BCUT2D eigenvalue weighted by Crippen LogP contribution is 2.45. The van der Waals surface area contributed by atoms with Gasteiger partial charge in [0.2, 0.25) is 0 Å². The van der Waals surface area contributed by atoms with Gasteiger partial charge in [-0.25, -0.2) is 9.13 Å². The van der Waals surface area contributed by atoms with Crippen LogP contribution in [0, 0.1) is 23.7 Å². The average molecular weight is 1310 g/mol. The number of unbranched alkanes of at least 4 members (excludes halogenated alkanes) is 32. The molecule has 6 atom stereocenters. The minimum absolute atomic E-state index is 0.103. The van der Waals surface area contributed by atoms with Crippen LogP contribution in [0.5, 0.6) is 0 Å². The van der Waals surface area contributed by atoms with Gasteiger partial charge in [0.1, 0.15) is 19.3 Å². The summed E-state index contributed by atoms with van der Waals surface area (Å²) in [5, 5.41) is 10.6. The first-order valence-electron chi connectivity index (χ1n) is 36.2. The normalized spacial score (nSPS) is 14.6. The number of carbonyl (C=O) groups excluding carboxylic acids is 4. The van der Waals surface area contributed by atoms with E-state index in [1.54, 1.807) is 0 Å². The molecule has 89 heavy (non-hydrogen) atoms. The molecule has 0 aromatic rings. The van der Waals surface area contributed by atoms with Gasteiger partial charge < -0.3 is 33.8 Å². The fourth-order valence-electron chi connectivity index (χ4n) is 10.5. The highest BCUT2D eigenvalue weighted by molar-refractivity contribution is 7.47. The van der Waals surface area contributed by atoms with Gasteiger partial charge in [0.25, 0.3) is 0 Å². The summed E-state index contributed by atoms with van der Waals surface area (Å²) >= 11 is 0. The molecule has 0 aliphatic rings. The van der Waals surface area contributed by atoms with E-state index < -0.39 is 97.5 Å². The molecular formula is C70H136O17P2. The van der Waals surface area contributed by atoms with E-state index >= 15 is 0 Å². The highest BCUT2D eigenvalue weighted by atomic mass is 31.2. The standard InChI is InChI=1S/C70H136O17P2/c1-9-63(8)49-41-33-25-16-13-14-17-26-34-42-50-67(72)80-56-65(86-69(74)52-44-36-27-18-12-10-11-15-22-30-38-46-60(2)3)58-84-88(76,77)82-54-64(71)55-83-89(78,79)85-59-66(57-81-68(73)51-43-35-29-21-24-32-40-48-62(6)7)87-70(75)53-45-37-28-20-19-23-31-39-47-61(4)5/h60-66,71H,9-59H2,1-8H3,(H,76,77)(H,78,79)/t63?,64?,65-,66-/m1/s1. The smallest absolute Gasteiger partial charge is 0.462 e. The molecular weight excluding hydrogens is 1170 g/mol. The predicted molar refractivity (Wildman–Crippen MR) is 358 cm³/mol. The Bertz CT molecular complexity index is 1770. The van der Waals surface area contributed by atoms with Gasteiger partial charge in [0, 0.05) is 25.7 Å². The number of aliphatic hydroxyl groups excluding tert-OH is 1. The highest BCUT2D eigenvalue weighted by Gasteiger charge is 2.30. The fourth-order valence-corrected chi connectivity index (χ4v) is 12.0. The molecule has 0 spiro atoms. The molecule has 4 unspecified atom stereocenters. The third-order valence-electron chi connectivity index (χ3n) is 16.4. The number of hydrogen-bond donors (Lipinski definition) is 3. The first kappa shape index (κ1) is 87.1. The van der Waals surface area contributed by atoms with E-state index in [0.29, 0.717) is 31.6 Å². The molecule has 0 radical (unpaired) electrons. The van der Waals surface area contributed by atoms with E-state index in [1.165, 1.54) is 141 Å².